The molecule has 3 N–H and O–H groups in total. The Morgan fingerprint density at radius 1 is 1.32 bits per heavy atom. The number of amides is 1. The summed E-state index contributed by atoms with van der Waals surface area (Å²) in [6.07, 6.45) is 3.57. The van der Waals surface area contributed by atoms with Crippen molar-refractivity contribution in [1.29, 1.82) is 0 Å². The first-order valence-electron chi connectivity index (χ1n) is 6.67. The number of hydrogen-bond donors (Lipinski definition) is 2. The van der Waals surface area contributed by atoms with Crippen LogP contribution in [0.3, 0.4) is 0 Å². The molecule has 0 saturated carbocycles. The van der Waals surface area contributed by atoms with Gasteiger partial charge in [0.15, 0.2) is 0 Å². The Hall–Kier alpha value is -1.06. The van der Waals surface area contributed by atoms with Crippen molar-refractivity contribution in [2.24, 2.45) is 5.73 Å². The molecule has 1 atom stereocenters. The van der Waals surface area contributed by atoms with Crippen LogP contribution in [-0.4, -0.2) is 18.0 Å². The molecule has 19 heavy (non-hydrogen) atoms. The van der Waals surface area contributed by atoms with Gasteiger partial charge in [0.2, 0.25) is 5.91 Å². The molecule has 0 radical (unpaired) electrons. The summed E-state index contributed by atoms with van der Waals surface area (Å²) in [5.74, 6) is -0.0441. The van der Waals surface area contributed by atoms with Crippen LogP contribution in [0.1, 0.15) is 38.7 Å². The second kappa shape index (κ2) is 8.94. The molecule has 1 unspecified atom stereocenters. The van der Waals surface area contributed by atoms with E-state index in [-0.39, 0.29) is 18.3 Å². The molecule has 0 spiro atoms. The van der Waals surface area contributed by atoms with Gasteiger partial charge >= 0.3 is 0 Å². The van der Waals surface area contributed by atoms with E-state index in [1.807, 2.05) is 25.1 Å². The van der Waals surface area contributed by atoms with Gasteiger partial charge in [-0.2, -0.15) is 0 Å². The zero-order chi connectivity index (χ0) is 13.4. The lowest BCUT2D eigenvalue weighted by molar-refractivity contribution is -0.126. The summed E-state index contributed by atoms with van der Waals surface area (Å²) >= 11 is 0. The van der Waals surface area contributed by atoms with Crippen LogP contribution < -0.4 is 11.1 Å². The Morgan fingerprint density at radius 3 is 2.53 bits per heavy atom. The Kier molecular flexibility index (Phi) is 8.44. The number of hydrogen-bond acceptors (Lipinski definition) is 2. The maximum Gasteiger partial charge on any atom is 0.239 e. The van der Waals surface area contributed by atoms with Crippen molar-refractivity contribution in [1.82, 2.24) is 5.32 Å². The standard InChI is InChI=1S/C15H24N2O.ClH/c1-3-11-15(2,16)14(18)17-12-7-10-13-8-5-4-6-9-13;/h4-6,8-9H,3,7,10-12,16H2,1-2H3,(H,17,18);1H. The predicted octanol–water partition coefficient (Wildman–Crippen LogP) is 2.67. The third-order valence-electron chi connectivity index (χ3n) is 3.06. The molecule has 0 heterocycles. The van der Waals surface area contributed by atoms with Gasteiger partial charge in [0.05, 0.1) is 5.54 Å². The lowest BCUT2D eigenvalue weighted by Crippen LogP contribution is -2.51. The molecule has 1 aromatic carbocycles. The molecule has 0 saturated heterocycles. The van der Waals surface area contributed by atoms with Crippen LogP contribution in [-0.2, 0) is 11.2 Å². The van der Waals surface area contributed by atoms with Gasteiger partial charge in [0.25, 0.3) is 0 Å². The van der Waals surface area contributed by atoms with Crippen LogP contribution in [0.25, 0.3) is 0 Å². The van der Waals surface area contributed by atoms with Crippen LogP contribution in [0, 0.1) is 0 Å². The molecular weight excluding hydrogens is 260 g/mol. The van der Waals surface area contributed by atoms with Crippen molar-refractivity contribution >= 4 is 18.3 Å². The molecule has 0 bridgehead atoms. The number of halogens is 1. The first-order chi connectivity index (χ1) is 8.56. The molecule has 1 rings (SSSR count). The maximum atomic E-state index is 11.8. The van der Waals surface area contributed by atoms with Crippen LogP contribution in [0.4, 0.5) is 0 Å². The first kappa shape index (κ1) is 17.9. The molecule has 3 nitrogen and oxygen atoms in total. The molecule has 0 aromatic heterocycles. The lowest BCUT2D eigenvalue weighted by atomic mass is 9.96. The van der Waals surface area contributed by atoms with Crippen molar-refractivity contribution in [3.63, 3.8) is 0 Å². The summed E-state index contributed by atoms with van der Waals surface area (Å²) in [6.45, 7) is 4.51. The van der Waals surface area contributed by atoms with Crippen molar-refractivity contribution < 1.29 is 4.79 Å². The van der Waals surface area contributed by atoms with Gasteiger partial charge in [-0.3, -0.25) is 4.79 Å². The lowest BCUT2D eigenvalue weighted by Gasteiger charge is -2.22. The molecule has 0 aliphatic rings. The summed E-state index contributed by atoms with van der Waals surface area (Å²) in [4.78, 5) is 11.8. The molecule has 4 heteroatoms. The van der Waals surface area contributed by atoms with Crippen LogP contribution in [0.2, 0.25) is 0 Å². The summed E-state index contributed by atoms with van der Waals surface area (Å²) in [5, 5.41) is 2.91. The number of nitrogens with two attached hydrogens (primary N) is 1. The van der Waals surface area contributed by atoms with Gasteiger partial charge in [-0.1, -0.05) is 43.7 Å². The second-order valence-electron chi connectivity index (χ2n) is 5.01. The highest BCUT2D eigenvalue weighted by molar-refractivity contribution is 5.85. The Morgan fingerprint density at radius 2 is 1.95 bits per heavy atom. The van der Waals surface area contributed by atoms with Crippen LogP contribution in [0.15, 0.2) is 30.3 Å². The highest BCUT2D eigenvalue weighted by atomic mass is 35.5. The Balaban J connectivity index is 0.00000324. The van der Waals surface area contributed by atoms with Crippen LogP contribution >= 0.6 is 12.4 Å². The van der Waals surface area contributed by atoms with E-state index >= 15 is 0 Å². The highest BCUT2D eigenvalue weighted by Gasteiger charge is 2.26. The van der Waals surface area contributed by atoms with Gasteiger partial charge in [-0.25, -0.2) is 0 Å². The molecule has 1 aromatic rings. The minimum absolute atomic E-state index is 0. The maximum absolute atomic E-state index is 11.8. The molecule has 1 amide bonds. The number of benzene rings is 1. The average molecular weight is 285 g/mol. The van der Waals surface area contributed by atoms with E-state index in [1.165, 1.54) is 5.56 Å². The van der Waals surface area contributed by atoms with Crippen molar-refractivity contribution in [3.05, 3.63) is 35.9 Å². The van der Waals surface area contributed by atoms with E-state index in [0.717, 1.165) is 25.7 Å². The van der Waals surface area contributed by atoms with E-state index in [2.05, 4.69) is 17.4 Å². The predicted molar refractivity (Wildman–Crippen MR) is 82.5 cm³/mol. The van der Waals surface area contributed by atoms with E-state index < -0.39 is 5.54 Å². The molecule has 0 fully saturated rings. The Labute approximate surface area is 122 Å². The Bertz CT molecular complexity index is 366. The smallest absolute Gasteiger partial charge is 0.239 e. The normalized spacial score (nSPS) is 13.2. The largest absolute Gasteiger partial charge is 0.355 e. The van der Waals surface area contributed by atoms with E-state index in [0.29, 0.717) is 6.54 Å². The third-order valence-corrected chi connectivity index (χ3v) is 3.06. The number of nitrogens with one attached hydrogen (secondary N) is 1. The fourth-order valence-corrected chi connectivity index (χ4v) is 1.97. The topological polar surface area (TPSA) is 55.1 Å². The van der Waals surface area contributed by atoms with Crippen molar-refractivity contribution in [2.75, 3.05) is 6.54 Å². The minimum Gasteiger partial charge on any atom is -0.355 e. The molecular formula is C15H25ClN2O. The van der Waals surface area contributed by atoms with Gasteiger partial charge < -0.3 is 11.1 Å². The summed E-state index contributed by atoms with van der Waals surface area (Å²) in [7, 11) is 0. The van der Waals surface area contributed by atoms with Gasteiger partial charge in [0.1, 0.15) is 0 Å². The summed E-state index contributed by atoms with van der Waals surface area (Å²) in [6, 6.07) is 10.3. The summed E-state index contributed by atoms with van der Waals surface area (Å²) < 4.78 is 0. The second-order valence-corrected chi connectivity index (χ2v) is 5.01. The number of rotatable bonds is 7. The van der Waals surface area contributed by atoms with E-state index in [9.17, 15) is 4.79 Å². The van der Waals surface area contributed by atoms with Gasteiger partial charge in [0, 0.05) is 6.54 Å². The first-order valence-corrected chi connectivity index (χ1v) is 6.67. The zero-order valence-electron chi connectivity index (χ0n) is 11.8. The third kappa shape index (κ3) is 6.60. The fourth-order valence-electron chi connectivity index (χ4n) is 1.97. The van der Waals surface area contributed by atoms with E-state index in [1.54, 1.807) is 6.92 Å². The quantitative estimate of drug-likeness (QED) is 0.757. The van der Waals surface area contributed by atoms with Crippen molar-refractivity contribution in [3.8, 4) is 0 Å². The molecule has 108 valence electrons. The fraction of sp³-hybridized carbons (Fsp3) is 0.533. The zero-order valence-corrected chi connectivity index (χ0v) is 12.6. The molecule has 0 aliphatic heterocycles. The van der Waals surface area contributed by atoms with Crippen LogP contribution in [0.5, 0.6) is 0 Å². The minimum atomic E-state index is -0.735. The monoisotopic (exact) mass is 284 g/mol. The average Bonchev–Trinajstić information content (AvgIpc) is 2.35. The highest BCUT2D eigenvalue weighted by Crippen LogP contribution is 2.08. The molecule has 0 aliphatic carbocycles. The van der Waals surface area contributed by atoms with Gasteiger partial charge in [-0.15, -0.1) is 12.4 Å². The van der Waals surface area contributed by atoms with E-state index in [4.69, 9.17) is 5.73 Å². The summed E-state index contributed by atoms with van der Waals surface area (Å²) in [5.41, 5.74) is 6.52. The number of aryl methyl sites for hydroxylation is 1. The number of carbonyl (C=O) groups is 1. The van der Waals surface area contributed by atoms with Crippen molar-refractivity contribution in [2.45, 2.75) is 45.1 Å². The van der Waals surface area contributed by atoms with Gasteiger partial charge in [-0.05, 0) is 31.7 Å². The SMILES string of the molecule is CCCC(C)(N)C(=O)NCCCc1ccccc1.Cl. The number of carbonyl (C=O) groups excluding carboxylic acids is 1.